The molecule has 0 unspecified atom stereocenters. The number of nitrogens with one attached hydrogen (secondary N) is 1. The standard InChI is InChI=1S/C15H14N2O5/c1-10-12(6-7-21-10)15(20)17-16-8-11-4-2-3-5-13(11)22-9-14(18)19/h2-8H,9H2,1H3,(H,17,20)(H,18,19)/p-1/b16-8-. The first-order valence-corrected chi connectivity index (χ1v) is 6.37. The van der Waals surface area contributed by atoms with Gasteiger partial charge < -0.3 is 19.1 Å². The zero-order valence-corrected chi connectivity index (χ0v) is 11.7. The van der Waals surface area contributed by atoms with Crippen molar-refractivity contribution in [2.75, 3.05) is 6.61 Å². The molecule has 0 saturated carbocycles. The van der Waals surface area contributed by atoms with Gasteiger partial charge in [0.25, 0.3) is 5.91 Å². The van der Waals surface area contributed by atoms with Crippen molar-refractivity contribution in [1.82, 2.24) is 5.43 Å². The van der Waals surface area contributed by atoms with Crippen LogP contribution in [0.5, 0.6) is 5.75 Å². The van der Waals surface area contributed by atoms with Crippen LogP contribution in [0.3, 0.4) is 0 Å². The van der Waals surface area contributed by atoms with Crippen molar-refractivity contribution >= 4 is 18.1 Å². The molecule has 114 valence electrons. The molecule has 0 radical (unpaired) electrons. The first kappa shape index (κ1) is 15.3. The molecular formula is C15H13N2O5-. The largest absolute Gasteiger partial charge is 0.546 e. The summed E-state index contributed by atoms with van der Waals surface area (Å²) in [6.45, 7) is 1.10. The molecule has 1 aromatic carbocycles. The number of aliphatic carboxylic acids is 1. The minimum Gasteiger partial charge on any atom is -0.546 e. The van der Waals surface area contributed by atoms with Crippen LogP contribution in [0.2, 0.25) is 0 Å². The van der Waals surface area contributed by atoms with Crippen molar-refractivity contribution in [3.63, 3.8) is 0 Å². The number of rotatable bonds is 6. The van der Waals surface area contributed by atoms with E-state index >= 15 is 0 Å². The second kappa shape index (κ2) is 7.07. The molecule has 2 rings (SSSR count). The number of ether oxygens (including phenoxy) is 1. The summed E-state index contributed by atoms with van der Waals surface area (Å²) in [6, 6.07) is 8.22. The van der Waals surface area contributed by atoms with E-state index < -0.39 is 18.5 Å². The van der Waals surface area contributed by atoms with Crippen molar-refractivity contribution in [2.45, 2.75) is 6.92 Å². The summed E-state index contributed by atoms with van der Waals surface area (Å²) in [5.74, 6) is -0.916. The van der Waals surface area contributed by atoms with Crippen molar-refractivity contribution in [3.8, 4) is 5.75 Å². The maximum absolute atomic E-state index is 11.8. The van der Waals surface area contributed by atoms with E-state index in [1.54, 1.807) is 31.2 Å². The summed E-state index contributed by atoms with van der Waals surface area (Å²) < 4.78 is 10.1. The molecule has 1 amide bonds. The lowest BCUT2D eigenvalue weighted by Crippen LogP contribution is -2.29. The van der Waals surface area contributed by atoms with Crippen LogP contribution < -0.4 is 15.3 Å². The van der Waals surface area contributed by atoms with Gasteiger partial charge in [-0.2, -0.15) is 5.10 Å². The van der Waals surface area contributed by atoms with Crippen LogP contribution in [0.25, 0.3) is 0 Å². The summed E-state index contributed by atoms with van der Waals surface area (Å²) in [5.41, 5.74) is 3.26. The zero-order valence-electron chi connectivity index (χ0n) is 11.7. The molecule has 0 fully saturated rings. The Morgan fingerprint density at radius 1 is 1.36 bits per heavy atom. The Morgan fingerprint density at radius 2 is 2.14 bits per heavy atom. The van der Waals surface area contributed by atoms with E-state index in [0.29, 0.717) is 22.6 Å². The van der Waals surface area contributed by atoms with E-state index in [-0.39, 0.29) is 0 Å². The van der Waals surface area contributed by atoms with Gasteiger partial charge in [-0.1, -0.05) is 12.1 Å². The van der Waals surface area contributed by atoms with Crippen LogP contribution in [0.1, 0.15) is 21.7 Å². The first-order chi connectivity index (χ1) is 10.6. The number of hydrogen-bond acceptors (Lipinski definition) is 6. The zero-order chi connectivity index (χ0) is 15.9. The molecule has 0 saturated heterocycles. The molecule has 0 aliphatic heterocycles. The number of aryl methyl sites for hydroxylation is 1. The van der Waals surface area contributed by atoms with Gasteiger partial charge in [0.2, 0.25) is 0 Å². The second-order valence-electron chi connectivity index (χ2n) is 4.29. The highest BCUT2D eigenvalue weighted by molar-refractivity contribution is 5.95. The van der Waals surface area contributed by atoms with Gasteiger partial charge >= 0.3 is 0 Å². The molecule has 22 heavy (non-hydrogen) atoms. The molecule has 0 atom stereocenters. The van der Waals surface area contributed by atoms with Crippen LogP contribution in [-0.2, 0) is 4.79 Å². The SMILES string of the molecule is Cc1occc1C(=O)N/N=C\c1ccccc1OCC(=O)[O-]. The molecule has 0 aliphatic rings. The summed E-state index contributed by atoms with van der Waals surface area (Å²) in [4.78, 5) is 22.2. The Hall–Kier alpha value is -3.09. The molecule has 0 spiro atoms. The predicted octanol–water partition coefficient (Wildman–Crippen LogP) is 0.481. The molecule has 1 aromatic heterocycles. The molecule has 1 heterocycles. The summed E-state index contributed by atoms with van der Waals surface area (Å²) in [5, 5.41) is 14.2. The van der Waals surface area contributed by atoms with Crippen molar-refractivity contribution in [1.29, 1.82) is 0 Å². The van der Waals surface area contributed by atoms with Crippen molar-refractivity contribution in [3.05, 3.63) is 53.5 Å². The molecule has 1 N–H and O–H groups in total. The number of carboxylic acids is 1. The Labute approximate surface area is 126 Å². The quantitative estimate of drug-likeness (QED) is 0.617. The third-order valence-corrected chi connectivity index (χ3v) is 2.74. The molecule has 2 aromatic rings. The number of furan rings is 1. The van der Waals surface area contributed by atoms with E-state index in [0.717, 1.165) is 0 Å². The number of hydrogen-bond donors (Lipinski definition) is 1. The van der Waals surface area contributed by atoms with Gasteiger partial charge in [0.15, 0.2) is 0 Å². The topological polar surface area (TPSA) is 104 Å². The monoisotopic (exact) mass is 301 g/mol. The lowest BCUT2D eigenvalue weighted by Gasteiger charge is -2.08. The van der Waals surface area contributed by atoms with E-state index in [1.807, 2.05) is 0 Å². The number of benzene rings is 1. The molecule has 0 bridgehead atoms. The first-order valence-electron chi connectivity index (χ1n) is 6.37. The number of carbonyl (C=O) groups excluding carboxylic acids is 2. The molecule has 7 heteroatoms. The van der Waals surface area contributed by atoms with E-state index in [2.05, 4.69) is 10.5 Å². The Morgan fingerprint density at radius 3 is 2.82 bits per heavy atom. The number of hydrazone groups is 1. The van der Waals surface area contributed by atoms with E-state index in [4.69, 9.17) is 9.15 Å². The Balaban J connectivity index is 2.02. The lowest BCUT2D eigenvalue weighted by molar-refractivity contribution is -0.307. The molecular weight excluding hydrogens is 288 g/mol. The van der Waals surface area contributed by atoms with Crippen LogP contribution in [0.15, 0.2) is 46.1 Å². The van der Waals surface area contributed by atoms with Gasteiger partial charge in [0, 0.05) is 5.56 Å². The molecule has 7 nitrogen and oxygen atoms in total. The average molecular weight is 301 g/mol. The number of para-hydroxylation sites is 1. The van der Waals surface area contributed by atoms with Gasteiger partial charge in [-0.15, -0.1) is 0 Å². The smallest absolute Gasteiger partial charge is 0.274 e. The van der Waals surface area contributed by atoms with E-state index in [9.17, 15) is 14.7 Å². The van der Waals surface area contributed by atoms with Crippen LogP contribution >= 0.6 is 0 Å². The second-order valence-corrected chi connectivity index (χ2v) is 4.29. The van der Waals surface area contributed by atoms with Crippen LogP contribution in [-0.4, -0.2) is 24.7 Å². The van der Waals surface area contributed by atoms with Gasteiger partial charge in [0.1, 0.15) is 18.1 Å². The third kappa shape index (κ3) is 3.95. The lowest BCUT2D eigenvalue weighted by atomic mass is 10.2. The van der Waals surface area contributed by atoms with Gasteiger partial charge in [-0.3, -0.25) is 4.79 Å². The number of nitrogens with zero attached hydrogens (tertiary/aromatic N) is 1. The summed E-state index contributed by atoms with van der Waals surface area (Å²) >= 11 is 0. The van der Waals surface area contributed by atoms with Crippen molar-refractivity contribution in [2.24, 2.45) is 5.10 Å². The van der Waals surface area contributed by atoms with Gasteiger partial charge in [-0.05, 0) is 25.1 Å². The van der Waals surface area contributed by atoms with Gasteiger partial charge in [0.05, 0.1) is 24.0 Å². The number of amides is 1. The minimum atomic E-state index is -1.32. The fourth-order valence-electron chi connectivity index (χ4n) is 1.70. The number of carbonyl (C=O) groups is 2. The Bertz CT molecular complexity index is 705. The van der Waals surface area contributed by atoms with Crippen LogP contribution in [0.4, 0.5) is 0 Å². The predicted molar refractivity (Wildman–Crippen MR) is 75.4 cm³/mol. The normalized spacial score (nSPS) is 10.6. The average Bonchev–Trinajstić information content (AvgIpc) is 2.92. The van der Waals surface area contributed by atoms with E-state index in [1.165, 1.54) is 18.5 Å². The summed E-state index contributed by atoms with van der Waals surface area (Å²) in [6.07, 6.45) is 2.77. The maximum Gasteiger partial charge on any atom is 0.274 e. The third-order valence-electron chi connectivity index (χ3n) is 2.74. The summed E-state index contributed by atoms with van der Waals surface area (Å²) in [7, 11) is 0. The van der Waals surface area contributed by atoms with Gasteiger partial charge in [-0.25, -0.2) is 5.43 Å². The number of carboxylic acid groups (broad SMARTS) is 1. The van der Waals surface area contributed by atoms with Crippen molar-refractivity contribution < 1.29 is 23.8 Å². The maximum atomic E-state index is 11.8. The van der Waals surface area contributed by atoms with Crippen LogP contribution in [0, 0.1) is 6.92 Å². The highest BCUT2D eigenvalue weighted by Gasteiger charge is 2.10. The highest BCUT2D eigenvalue weighted by Crippen LogP contribution is 2.15. The fourth-order valence-corrected chi connectivity index (χ4v) is 1.70. The Kier molecular flexibility index (Phi) is 4.92. The fraction of sp³-hybridized carbons (Fsp3) is 0.133. The molecule has 0 aliphatic carbocycles. The highest BCUT2D eigenvalue weighted by atomic mass is 16.5. The minimum absolute atomic E-state index is 0.323.